The largest absolute Gasteiger partial charge is 0.478 e. The zero-order chi connectivity index (χ0) is 17.1. The van der Waals surface area contributed by atoms with Gasteiger partial charge in [-0.1, -0.05) is 44.2 Å². The van der Waals surface area contributed by atoms with Gasteiger partial charge in [-0.2, -0.15) is 0 Å². The second-order valence-electron chi connectivity index (χ2n) is 6.20. The van der Waals surface area contributed by atoms with Gasteiger partial charge in [0.1, 0.15) is 5.82 Å². The third kappa shape index (κ3) is 3.71. The lowest BCUT2D eigenvalue weighted by molar-refractivity contribution is -0.131. The summed E-state index contributed by atoms with van der Waals surface area (Å²) in [5.41, 5.74) is 5.35. The van der Waals surface area contributed by atoms with E-state index < -0.39 is 5.97 Å². The monoisotopic (exact) mass is 320 g/mol. The molecule has 0 atom stereocenters. The van der Waals surface area contributed by atoms with Crippen molar-refractivity contribution in [3.05, 3.63) is 71.1 Å². The molecule has 1 aromatic heterocycles. The van der Waals surface area contributed by atoms with Crippen molar-refractivity contribution in [1.29, 1.82) is 0 Å². The van der Waals surface area contributed by atoms with Crippen LogP contribution >= 0.6 is 0 Å². The average Bonchev–Trinajstić information content (AvgIpc) is 2.95. The third-order valence-corrected chi connectivity index (χ3v) is 3.99. The minimum atomic E-state index is -0.942. The Morgan fingerprint density at radius 2 is 1.96 bits per heavy atom. The molecule has 122 valence electrons. The Bertz CT molecular complexity index is 890. The predicted octanol–water partition coefficient (Wildman–Crippen LogP) is 4.37. The number of benzene rings is 2. The first-order chi connectivity index (χ1) is 11.5. The minimum absolute atomic E-state index is 0.493. The van der Waals surface area contributed by atoms with Gasteiger partial charge in [0.15, 0.2) is 0 Å². The lowest BCUT2D eigenvalue weighted by Crippen LogP contribution is -1.91. The van der Waals surface area contributed by atoms with Gasteiger partial charge >= 0.3 is 5.97 Å². The number of carbonyl (C=O) groups is 1. The van der Waals surface area contributed by atoms with Crippen LogP contribution in [0.1, 0.15) is 42.3 Å². The van der Waals surface area contributed by atoms with Crippen LogP contribution in [0, 0.1) is 0 Å². The normalized spacial score (nSPS) is 11.6. The van der Waals surface area contributed by atoms with E-state index in [0.717, 1.165) is 34.1 Å². The molecule has 0 aliphatic rings. The lowest BCUT2D eigenvalue weighted by Gasteiger charge is -2.03. The molecule has 24 heavy (non-hydrogen) atoms. The maximum atomic E-state index is 10.5. The van der Waals surface area contributed by atoms with E-state index in [1.807, 2.05) is 24.3 Å². The van der Waals surface area contributed by atoms with Gasteiger partial charge in [0.2, 0.25) is 0 Å². The number of imidazole rings is 1. The second-order valence-corrected chi connectivity index (χ2v) is 6.20. The predicted molar refractivity (Wildman–Crippen MR) is 96.1 cm³/mol. The number of fused-ring (bicyclic) bond motifs is 1. The third-order valence-electron chi connectivity index (χ3n) is 3.99. The molecule has 2 aromatic carbocycles. The fraction of sp³-hybridized carbons (Fsp3) is 0.200. The Labute approximate surface area is 140 Å². The highest BCUT2D eigenvalue weighted by molar-refractivity contribution is 5.85. The maximum absolute atomic E-state index is 10.5. The fourth-order valence-corrected chi connectivity index (χ4v) is 2.63. The molecule has 0 saturated carbocycles. The number of rotatable bonds is 5. The van der Waals surface area contributed by atoms with Gasteiger partial charge in [-0.25, -0.2) is 9.78 Å². The van der Waals surface area contributed by atoms with Crippen LogP contribution in [0.4, 0.5) is 0 Å². The summed E-state index contributed by atoms with van der Waals surface area (Å²) >= 11 is 0. The van der Waals surface area contributed by atoms with Crippen LogP contribution in [0.25, 0.3) is 17.1 Å². The molecule has 0 bridgehead atoms. The van der Waals surface area contributed by atoms with E-state index in [2.05, 4.69) is 42.0 Å². The number of nitrogens with one attached hydrogen (secondary N) is 1. The van der Waals surface area contributed by atoms with Crippen LogP contribution < -0.4 is 0 Å². The van der Waals surface area contributed by atoms with Gasteiger partial charge < -0.3 is 10.1 Å². The number of aliphatic carboxylic acids is 1. The number of H-pyrrole nitrogens is 1. The van der Waals surface area contributed by atoms with Crippen molar-refractivity contribution in [2.45, 2.75) is 26.2 Å². The quantitative estimate of drug-likeness (QED) is 0.686. The summed E-state index contributed by atoms with van der Waals surface area (Å²) in [5.74, 6) is 0.481. The molecular formula is C20H20N2O2. The van der Waals surface area contributed by atoms with E-state index in [0.29, 0.717) is 12.3 Å². The van der Waals surface area contributed by atoms with Crippen molar-refractivity contribution in [1.82, 2.24) is 9.97 Å². The van der Waals surface area contributed by atoms with Crippen LogP contribution in [-0.2, 0) is 11.2 Å². The summed E-state index contributed by atoms with van der Waals surface area (Å²) in [6, 6.07) is 14.2. The van der Waals surface area contributed by atoms with Crippen LogP contribution in [-0.4, -0.2) is 21.0 Å². The molecule has 3 rings (SSSR count). The molecule has 0 unspecified atom stereocenters. The zero-order valence-electron chi connectivity index (χ0n) is 13.8. The van der Waals surface area contributed by atoms with Gasteiger partial charge in [0, 0.05) is 12.5 Å². The molecule has 0 amide bonds. The van der Waals surface area contributed by atoms with Crippen molar-refractivity contribution in [2.24, 2.45) is 0 Å². The van der Waals surface area contributed by atoms with E-state index >= 15 is 0 Å². The smallest absolute Gasteiger partial charge is 0.328 e. The number of hydrogen-bond acceptors (Lipinski definition) is 2. The number of carboxylic acid groups (broad SMARTS) is 1. The standard InChI is InChI=1S/C20H20N2O2/c1-13(2)16-8-9-17-18(12-16)22-19(21-17)11-15-5-3-14(4-6-15)7-10-20(23)24/h3-10,12-13H,11H2,1-2H3,(H,21,22)(H,23,24). The van der Waals surface area contributed by atoms with Crippen molar-refractivity contribution in [3.63, 3.8) is 0 Å². The van der Waals surface area contributed by atoms with Crippen molar-refractivity contribution in [2.75, 3.05) is 0 Å². The highest BCUT2D eigenvalue weighted by Gasteiger charge is 2.06. The van der Waals surface area contributed by atoms with E-state index in [1.54, 1.807) is 6.08 Å². The van der Waals surface area contributed by atoms with Crippen LogP contribution in [0.5, 0.6) is 0 Å². The Kier molecular flexibility index (Phi) is 4.47. The SMILES string of the molecule is CC(C)c1ccc2nc(Cc3ccc(C=CC(=O)O)cc3)[nH]c2c1. The number of aromatic nitrogens is 2. The van der Waals surface area contributed by atoms with Gasteiger partial charge in [-0.3, -0.25) is 0 Å². The Hall–Kier alpha value is -2.88. The molecule has 0 aliphatic carbocycles. The van der Waals surface area contributed by atoms with E-state index in [1.165, 1.54) is 5.56 Å². The minimum Gasteiger partial charge on any atom is -0.478 e. The lowest BCUT2D eigenvalue weighted by atomic mass is 10.0. The number of carboxylic acids is 1. The highest BCUT2D eigenvalue weighted by atomic mass is 16.4. The molecule has 4 heteroatoms. The molecule has 0 fully saturated rings. The van der Waals surface area contributed by atoms with Gasteiger partial charge in [-0.15, -0.1) is 0 Å². The summed E-state index contributed by atoms with van der Waals surface area (Å²) in [6.45, 7) is 4.36. The first-order valence-corrected chi connectivity index (χ1v) is 8.00. The molecule has 0 spiro atoms. The molecule has 3 aromatic rings. The summed E-state index contributed by atoms with van der Waals surface area (Å²) in [4.78, 5) is 18.6. The van der Waals surface area contributed by atoms with Gasteiger partial charge in [-0.05, 0) is 40.8 Å². The van der Waals surface area contributed by atoms with E-state index in [9.17, 15) is 4.79 Å². The van der Waals surface area contributed by atoms with Crippen molar-refractivity contribution in [3.8, 4) is 0 Å². The molecule has 4 nitrogen and oxygen atoms in total. The van der Waals surface area contributed by atoms with E-state index in [-0.39, 0.29) is 0 Å². The summed E-state index contributed by atoms with van der Waals surface area (Å²) in [5, 5.41) is 8.65. The van der Waals surface area contributed by atoms with E-state index in [4.69, 9.17) is 5.11 Å². The topological polar surface area (TPSA) is 66.0 Å². The van der Waals surface area contributed by atoms with Gasteiger partial charge in [0.05, 0.1) is 11.0 Å². The molecule has 0 aliphatic heterocycles. The Morgan fingerprint density at radius 3 is 2.62 bits per heavy atom. The molecule has 0 radical (unpaired) electrons. The number of aromatic amines is 1. The van der Waals surface area contributed by atoms with Crippen molar-refractivity contribution < 1.29 is 9.90 Å². The molecular weight excluding hydrogens is 300 g/mol. The Morgan fingerprint density at radius 1 is 1.21 bits per heavy atom. The summed E-state index contributed by atoms with van der Waals surface area (Å²) < 4.78 is 0. The summed E-state index contributed by atoms with van der Waals surface area (Å²) in [7, 11) is 0. The molecule has 0 saturated heterocycles. The van der Waals surface area contributed by atoms with Crippen LogP contribution in [0.3, 0.4) is 0 Å². The summed E-state index contributed by atoms with van der Waals surface area (Å²) in [6.07, 6.45) is 3.44. The second kappa shape index (κ2) is 6.71. The first kappa shape index (κ1) is 16.0. The van der Waals surface area contributed by atoms with Crippen LogP contribution in [0.15, 0.2) is 48.5 Å². The number of hydrogen-bond donors (Lipinski definition) is 2. The zero-order valence-corrected chi connectivity index (χ0v) is 13.8. The average molecular weight is 320 g/mol. The maximum Gasteiger partial charge on any atom is 0.328 e. The van der Waals surface area contributed by atoms with Crippen molar-refractivity contribution >= 4 is 23.1 Å². The number of nitrogens with zero attached hydrogens (tertiary/aromatic N) is 1. The molecule has 1 heterocycles. The first-order valence-electron chi connectivity index (χ1n) is 8.00. The highest BCUT2D eigenvalue weighted by Crippen LogP contribution is 2.21. The fourth-order valence-electron chi connectivity index (χ4n) is 2.63. The Balaban J connectivity index is 1.78. The molecule has 2 N–H and O–H groups in total. The van der Waals surface area contributed by atoms with Gasteiger partial charge in [0.25, 0.3) is 0 Å². The van der Waals surface area contributed by atoms with Crippen LogP contribution in [0.2, 0.25) is 0 Å².